The van der Waals surface area contributed by atoms with Crippen LogP contribution in [0, 0.1) is 5.82 Å². The molecule has 0 bridgehead atoms. The molecule has 2 heterocycles. The second-order valence-corrected chi connectivity index (χ2v) is 5.58. The van der Waals surface area contributed by atoms with Gasteiger partial charge in [-0.05, 0) is 11.6 Å². The summed E-state index contributed by atoms with van der Waals surface area (Å²) in [7, 11) is 0. The first-order valence-electron chi connectivity index (χ1n) is 7.92. The maximum atomic E-state index is 14.2. The van der Waals surface area contributed by atoms with Gasteiger partial charge < -0.3 is 9.97 Å². The Morgan fingerprint density at radius 3 is 2.77 bits per heavy atom. The molecular formula is C19H14FN5O. The standard InChI is InChI=1S/C19H14FN5O/c20-14-8-4-7-13-16(12-5-2-1-3-6-12)18(24-17(13)14)19(26)25-23-11-15-21-9-10-22-15/h1-11,24H,(H,21,22)(H,25,26)/b23-11+. The van der Waals surface area contributed by atoms with Gasteiger partial charge in [-0.2, -0.15) is 5.10 Å². The molecule has 0 atom stereocenters. The molecular weight excluding hydrogens is 333 g/mol. The fourth-order valence-corrected chi connectivity index (χ4v) is 2.81. The summed E-state index contributed by atoms with van der Waals surface area (Å²) in [6, 6.07) is 14.1. The van der Waals surface area contributed by atoms with Crippen LogP contribution < -0.4 is 5.43 Å². The van der Waals surface area contributed by atoms with Crippen LogP contribution in [0.1, 0.15) is 16.3 Å². The third-order valence-corrected chi connectivity index (χ3v) is 3.94. The molecule has 26 heavy (non-hydrogen) atoms. The van der Waals surface area contributed by atoms with Crippen LogP contribution in [0.3, 0.4) is 0 Å². The number of nitrogens with one attached hydrogen (secondary N) is 3. The maximum Gasteiger partial charge on any atom is 0.288 e. The van der Waals surface area contributed by atoms with E-state index < -0.39 is 11.7 Å². The van der Waals surface area contributed by atoms with Crippen molar-refractivity contribution < 1.29 is 9.18 Å². The van der Waals surface area contributed by atoms with Crippen molar-refractivity contribution in [2.75, 3.05) is 0 Å². The van der Waals surface area contributed by atoms with Crippen molar-refractivity contribution in [2.45, 2.75) is 0 Å². The van der Waals surface area contributed by atoms with E-state index in [4.69, 9.17) is 0 Å². The summed E-state index contributed by atoms with van der Waals surface area (Å²) in [5, 5.41) is 4.52. The number of hydrogen-bond acceptors (Lipinski definition) is 3. The van der Waals surface area contributed by atoms with Crippen LogP contribution in [0.15, 0.2) is 66.0 Å². The van der Waals surface area contributed by atoms with E-state index in [1.807, 2.05) is 30.3 Å². The Bertz CT molecular complexity index is 1080. The van der Waals surface area contributed by atoms with Gasteiger partial charge in [-0.15, -0.1) is 0 Å². The Labute approximate surface area is 147 Å². The minimum Gasteiger partial charge on any atom is -0.348 e. The molecule has 0 aliphatic rings. The summed E-state index contributed by atoms with van der Waals surface area (Å²) in [6.45, 7) is 0. The highest BCUT2D eigenvalue weighted by Crippen LogP contribution is 2.33. The van der Waals surface area contributed by atoms with Crippen molar-refractivity contribution in [3.63, 3.8) is 0 Å². The lowest BCUT2D eigenvalue weighted by atomic mass is 10.0. The molecule has 128 valence electrons. The number of aromatic amines is 2. The Morgan fingerprint density at radius 1 is 1.15 bits per heavy atom. The van der Waals surface area contributed by atoms with Crippen molar-refractivity contribution in [1.82, 2.24) is 20.4 Å². The van der Waals surface area contributed by atoms with Crippen molar-refractivity contribution >= 4 is 23.0 Å². The van der Waals surface area contributed by atoms with E-state index in [-0.39, 0.29) is 11.2 Å². The number of nitrogens with zero attached hydrogens (tertiary/aromatic N) is 2. The van der Waals surface area contributed by atoms with E-state index >= 15 is 0 Å². The normalized spacial score (nSPS) is 11.3. The van der Waals surface area contributed by atoms with Gasteiger partial charge in [0.15, 0.2) is 0 Å². The molecule has 2 aromatic heterocycles. The summed E-state index contributed by atoms with van der Waals surface area (Å²) in [5.41, 5.74) is 4.41. The van der Waals surface area contributed by atoms with Crippen molar-refractivity contribution in [3.8, 4) is 11.1 Å². The van der Waals surface area contributed by atoms with Gasteiger partial charge in [0.1, 0.15) is 17.3 Å². The van der Waals surface area contributed by atoms with Gasteiger partial charge >= 0.3 is 0 Å². The van der Waals surface area contributed by atoms with Crippen LogP contribution in [0.5, 0.6) is 0 Å². The second-order valence-electron chi connectivity index (χ2n) is 5.58. The van der Waals surface area contributed by atoms with E-state index in [2.05, 4.69) is 25.5 Å². The molecule has 2 aromatic carbocycles. The smallest absolute Gasteiger partial charge is 0.288 e. The zero-order valence-corrected chi connectivity index (χ0v) is 13.5. The number of aromatic nitrogens is 3. The Hall–Kier alpha value is -3.74. The van der Waals surface area contributed by atoms with Crippen LogP contribution in [-0.4, -0.2) is 27.1 Å². The Morgan fingerprint density at radius 2 is 2.00 bits per heavy atom. The van der Waals surface area contributed by atoms with Crippen LogP contribution in [-0.2, 0) is 0 Å². The Kier molecular flexibility index (Phi) is 4.03. The van der Waals surface area contributed by atoms with Crippen molar-refractivity contribution in [1.29, 1.82) is 0 Å². The molecule has 0 fully saturated rings. The highest BCUT2D eigenvalue weighted by molar-refractivity contribution is 6.09. The van der Waals surface area contributed by atoms with Crippen molar-refractivity contribution in [3.05, 3.63) is 78.3 Å². The molecule has 4 rings (SSSR count). The number of para-hydroxylation sites is 1. The molecule has 0 unspecified atom stereocenters. The number of H-pyrrole nitrogens is 2. The molecule has 0 saturated heterocycles. The van der Waals surface area contributed by atoms with E-state index in [1.165, 1.54) is 12.3 Å². The van der Waals surface area contributed by atoms with Crippen LogP contribution in [0.25, 0.3) is 22.0 Å². The molecule has 0 aliphatic heterocycles. The van der Waals surface area contributed by atoms with Gasteiger partial charge in [-0.3, -0.25) is 4.79 Å². The average Bonchev–Trinajstić information content (AvgIpc) is 3.30. The predicted octanol–water partition coefficient (Wildman–Crippen LogP) is 3.46. The van der Waals surface area contributed by atoms with Gasteiger partial charge in [0.2, 0.25) is 0 Å². The summed E-state index contributed by atoms with van der Waals surface area (Å²) in [6.07, 6.45) is 4.62. The zero-order chi connectivity index (χ0) is 17.9. The molecule has 6 nitrogen and oxygen atoms in total. The lowest BCUT2D eigenvalue weighted by Crippen LogP contribution is -2.19. The summed E-state index contributed by atoms with van der Waals surface area (Å²) in [4.78, 5) is 22.4. The first-order chi connectivity index (χ1) is 12.7. The second kappa shape index (κ2) is 6.64. The lowest BCUT2D eigenvalue weighted by Gasteiger charge is -2.04. The van der Waals surface area contributed by atoms with E-state index in [9.17, 15) is 9.18 Å². The van der Waals surface area contributed by atoms with Crippen LogP contribution in [0.4, 0.5) is 4.39 Å². The number of imidazole rings is 1. The predicted molar refractivity (Wildman–Crippen MR) is 97.3 cm³/mol. The number of rotatable bonds is 4. The van der Waals surface area contributed by atoms with Gasteiger partial charge in [0.05, 0.1) is 11.7 Å². The molecule has 3 N–H and O–H groups in total. The van der Waals surface area contributed by atoms with Gasteiger partial charge in [-0.25, -0.2) is 14.8 Å². The highest BCUT2D eigenvalue weighted by Gasteiger charge is 2.20. The zero-order valence-electron chi connectivity index (χ0n) is 13.5. The molecule has 0 spiro atoms. The van der Waals surface area contributed by atoms with Gasteiger partial charge in [-0.1, -0.05) is 42.5 Å². The molecule has 0 radical (unpaired) electrons. The quantitative estimate of drug-likeness (QED) is 0.390. The minimum atomic E-state index is -0.470. The van der Waals surface area contributed by atoms with E-state index in [0.29, 0.717) is 16.8 Å². The number of halogens is 1. The number of carbonyl (C=O) groups is 1. The summed E-state index contributed by atoms with van der Waals surface area (Å²) < 4.78 is 14.2. The minimum absolute atomic E-state index is 0.243. The highest BCUT2D eigenvalue weighted by atomic mass is 19.1. The third kappa shape index (κ3) is 2.86. The van der Waals surface area contributed by atoms with Crippen LogP contribution in [0.2, 0.25) is 0 Å². The van der Waals surface area contributed by atoms with E-state index in [1.54, 1.807) is 24.5 Å². The number of carbonyl (C=O) groups excluding carboxylic acids is 1. The number of fused-ring (bicyclic) bond motifs is 1. The first-order valence-corrected chi connectivity index (χ1v) is 7.92. The largest absolute Gasteiger partial charge is 0.348 e. The SMILES string of the molecule is O=C(N/N=C/c1ncc[nH]1)c1[nH]c2c(F)cccc2c1-c1ccccc1. The molecule has 1 amide bonds. The van der Waals surface area contributed by atoms with Gasteiger partial charge in [0.25, 0.3) is 5.91 Å². The number of amides is 1. The molecule has 4 aromatic rings. The third-order valence-electron chi connectivity index (χ3n) is 3.94. The first kappa shape index (κ1) is 15.8. The molecule has 0 aliphatic carbocycles. The van der Waals surface area contributed by atoms with E-state index in [0.717, 1.165) is 5.56 Å². The maximum absolute atomic E-state index is 14.2. The number of benzene rings is 2. The lowest BCUT2D eigenvalue weighted by molar-refractivity contribution is 0.0951. The van der Waals surface area contributed by atoms with Crippen LogP contribution >= 0.6 is 0 Å². The fourth-order valence-electron chi connectivity index (χ4n) is 2.81. The number of hydrazone groups is 1. The summed E-state index contributed by atoms with van der Waals surface area (Å²) >= 11 is 0. The summed E-state index contributed by atoms with van der Waals surface area (Å²) in [5.74, 6) is -0.378. The molecule has 7 heteroatoms. The van der Waals surface area contributed by atoms with Crippen molar-refractivity contribution in [2.24, 2.45) is 5.10 Å². The molecule has 0 saturated carbocycles. The Balaban J connectivity index is 1.76. The number of hydrogen-bond donors (Lipinski definition) is 3. The topological polar surface area (TPSA) is 85.9 Å². The average molecular weight is 347 g/mol. The van der Waals surface area contributed by atoms with Gasteiger partial charge in [0, 0.05) is 23.3 Å². The monoisotopic (exact) mass is 347 g/mol. The fraction of sp³-hybridized carbons (Fsp3) is 0.